The molecule has 110 valence electrons. The zero-order valence-electron chi connectivity index (χ0n) is 10.8. The molecule has 0 bridgehead atoms. The third-order valence-corrected chi connectivity index (χ3v) is 4.83. The fourth-order valence-corrected chi connectivity index (χ4v) is 3.01. The van der Waals surface area contributed by atoms with E-state index in [1.54, 1.807) is 36.4 Å². The van der Waals surface area contributed by atoms with Gasteiger partial charge >= 0.3 is 5.97 Å². The normalized spacial score (nSPS) is 11.1. The number of nitrogens with one attached hydrogen (secondary N) is 1. The number of halogens is 1. The number of para-hydroxylation sites is 1. The zero-order chi connectivity index (χ0) is 15.3. The Morgan fingerprint density at radius 1 is 1.05 bits per heavy atom. The van der Waals surface area contributed by atoms with Crippen LogP contribution >= 0.6 is 22.6 Å². The van der Waals surface area contributed by atoms with E-state index in [1.165, 1.54) is 12.1 Å². The maximum atomic E-state index is 11.9. The number of sulfonamides is 1. The molecular formula is C14H12INO4S. The van der Waals surface area contributed by atoms with Gasteiger partial charge in [-0.2, -0.15) is 4.72 Å². The van der Waals surface area contributed by atoms with Crippen LogP contribution in [0.2, 0.25) is 0 Å². The molecule has 0 unspecified atom stereocenters. The summed E-state index contributed by atoms with van der Waals surface area (Å²) in [4.78, 5) is 11.8. The molecule has 0 heterocycles. The molecule has 7 heteroatoms. The molecule has 0 amide bonds. The van der Waals surface area contributed by atoms with Crippen LogP contribution in [0.1, 0.15) is 0 Å². The Balaban J connectivity index is 1.97. The lowest BCUT2D eigenvalue weighted by Crippen LogP contribution is -2.32. The predicted octanol–water partition coefficient (Wildman–Crippen LogP) is 2.18. The monoisotopic (exact) mass is 417 g/mol. The molecule has 0 aliphatic carbocycles. The van der Waals surface area contributed by atoms with Crippen molar-refractivity contribution in [1.82, 2.24) is 4.72 Å². The second kappa shape index (κ2) is 7.01. The molecule has 2 rings (SSSR count). The quantitative estimate of drug-likeness (QED) is 0.460. The lowest BCUT2D eigenvalue weighted by atomic mass is 10.3. The SMILES string of the molecule is O=C(CNS(=O)(=O)c1ccccc1)Oc1ccccc1I. The maximum Gasteiger partial charge on any atom is 0.326 e. The first kappa shape index (κ1) is 15.9. The Hall–Kier alpha value is -1.45. The van der Waals surface area contributed by atoms with Crippen LogP contribution in [0.15, 0.2) is 59.5 Å². The fraction of sp³-hybridized carbons (Fsp3) is 0.0714. The number of hydrogen-bond acceptors (Lipinski definition) is 4. The fourth-order valence-electron chi connectivity index (χ4n) is 1.52. The minimum Gasteiger partial charge on any atom is -0.424 e. The molecule has 0 atom stereocenters. The summed E-state index contributed by atoms with van der Waals surface area (Å²) in [6.07, 6.45) is 0. The first-order chi connectivity index (χ1) is 9.99. The molecule has 0 spiro atoms. The second-order valence-electron chi connectivity index (χ2n) is 4.04. The molecule has 2 aromatic carbocycles. The smallest absolute Gasteiger partial charge is 0.326 e. The van der Waals surface area contributed by atoms with Crippen molar-refractivity contribution >= 4 is 38.6 Å². The van der Waals surface area contributed by atoms with Crippen molar-refractivity contribution in [3.05, 3.63) is 58.2 Å². The zero-order valence-corrected chi connectivity index (χ0v) is 13.8. The third kappa shape index (κ3) is 4.51. The molecule has 0 saturated heterocycles. The Morgan fingerprint density at radius 2 is 1.67 bits per heavy atom. The number of carbonyl (C=O) groups excluding carboxylic acids is 1. The average molecular weight is 417 g/mol. The van der Waals surface area contributed by atoms with E-state index in [0.717, 1.165) is 3.57 Å². The first-order valence-corrected chi connectivity index (χ1v) is 8.55. The van der Waals surface area contributed by atoms with Crippen molar-refractivity contribution in [2.45, 2.75) is 4.90 Å². The van der Waals surface area contributed by atoms with Gasteiger partial charge in [0.1, 0.15) is 12.3 Å². The summed E-state index contributed by atoms with van der Waals surface area (Å²) < 4.78 is 32.0. The highest BCUT2D eigenvalue weighted by molar-refractivity contribution is 14.1. The molecule has 21 heavy (non-hydrogen) atoms. The van der Waals surface area contributed by atoms with E-state index in [2.05, 4.69) is 4.72 Å². The molecule has 0 aromatic heterocycles. The van der Waals surface area contributed by atoms with Gasteiger partial charge in [0.05, 0.1) is 8.47 Å². The molecule has 2 aromatic rings. The molecular weight excluding hydrogens is 405 g/mol. The van der Waals surface area contributed by atoms with Gasteiger partial charge in [-0.15, -0.1) is 0 Å². The number of carbonyl (C=O) groups is 1. The summed E-state index contributed by atoms with van der Waals surface area (Å²) in [6.45, 7) is -0.428. The van der Waals surface area contributed by atoms with Crippen LogP contribution < -0.4 is 9.46 Å². The van der Waals surface area contributed by atoms with Gasteiger partial charge < -0.3 is 4.74 Å². The van der Waals surface area contributed by atoms with Crippen LogP contribution in [-0.4, -0.2) is 20.9 Å². The molecule has 0 fully saturated rings. The Labute approximate surface area is 136 Å². The third-order valence-electron chi connectivity index (χ3n) is 2.52. The number of benzene rings is 2. The van der Waals surface area contributed by atoms with Crippen molar-refractivity contribution in [2.24, 2.45) is 0 Å². The number of ether oxygens (including phenoxy) is 1. The molecule has 0 aliphatic rings. The van der Waals surface area contributed by atoms with E-state index in [0.29, 0.717) is 5.75 Å². The van der Waals surface area contributed by atoms with Crippen molar-refractivity contribution in [1.29, 1.82) is 0 Å². The van der Waals surface area contributed by atoms with E-state index in [4.69, 9.17) is 4.74 Å². The van der Waals surface area contributed by atoms with Gasteiger partial charge in [-0.05, 0) is 46.9 Å². The van der Waals surface area contributed by atoms with Crippen LogP contribution in [0.5, 0.6) is 5.75 Å². The Bertz CT molecular complexity index is 732. The number of esters is 1. The lowest BCUT2D eigenvalue weighted by molar-refractivity contribution is -0.133. The van der Waals surface area contributed by atoms with E-state index in [9.17, 15) is 13.2 Å². The van der Waals surface area contributed by atoms with Gasteiger partial charge in [0.2, 0.25) is 10.0 Å². The highest BCUT2D eigenvalue weighted by atomic mass is 127. The summed E-state index contributed by atoms with van der Waals surface area (Å²) in [5.74, 6) is -0.263. The van der Waals surface area contributed by atoms with E-state index < -0.39 is 22.5 Å². The second-order valence-corrected chi connectivity index (χ2v) is 6.97. The molecule has 1 N–H and O–H groups in total. The van der Waals surface area contributed by atoms with Gasteiger partial charge in [-0.3, -0.25) is 4.79 Å². The van der Waals surface area contributed by atoms with E-state index >= 15 is 0 Å². The van der Waals surface area contributed by atoms with Crippen LogP contribution in [0.3, 0.4) is 0 Å². The van der Waals surface area contributed by atoms with Gasteiger partial charge in [0.15, 0.2) is 0 Å². The lowest BCUT2D eigenvalue weighted by Gasteiger charge is -2.08. The van der Waals surface area contributed by atoms with E-state index in [1.807, 2.05) is 28.7 Å². The summed E-state index contributed by atoms with van der Waals surface area (Å²) in [5.41, 5.74) is 0. The standard InChI is InChI=1S/C14H12INO4S/c15-12-8-4-5-9-13(12)20-14(17)10-16-21(18,19)11-6-2-1-3-7-11/h1-9,16H,10H2. The van der Waals surface area contributed by atoms with Crippen molar-refractivity contribution in [3.63, 3.8) is 0 Å². The van der Waals surface area contributed by atoms with Crippen LogP contribution in [0.4, 0.5) is 0 Å². The van der Waals surface area contributed by atoms with Crippen LogP contribution in [-0.2, 0) is 14.8 Å². The topological polar surface area (TPSA) is 72.5 Å². The highest BCUT2D eigenvalue weighted by Gasteiger charge is 2.16. The summed E-state index contributed by atoms with van der Waals surface area (Å²) >= 11 is 2.03. The molecule has 0 aliphatic heterocycles. The molecule has 0 radical (unpaired) electrons. The van der Waals surface area contributed by atoms with E-state index in [-0.39, 0.29) is 4.90 Å². The minimum absolute atomic E-state index is 0.104. The summed E-state index contributed by atoms with van der Waals surface area (Å²) in [5, 5.41) is 0. The summed E-state index contributed by atoms with van der Waals surface area (Å²) in [7, 11) is -3.71. The largest absolute Gasteiger partial charge is 0.424 e. The van der Waals surface area contributed by atoms with Gasteiger partial charge in [0, 0.05) is 0 Å². The highest BCUT2D eigenvalue weighted by Crippen LogP contribution is 2.19. The van der Waals surface area contributed by atoms with Gasteiger partial charge in [0.25, 0.3) is 0 Å². The van der Waals surface area contributed by atoms with Crippen molar-refractivity contribution in [3.8, 4) is 5.75 Å². The molecule has 5 nitrogen and oxygen atoms in total. The van der Waals surface area contributed by atoms with Gasteiger partial charge in [-0.1, -0.05) is 30.3 Å². The average Bonchev–Trinajstić information content (AvgIpc) is 2.49. The van der Waals surface area contributed by atoms with Crippen LogP contribution in [0.25, 0.3) is 0 Å². The Morgan fingerprint density at radius 3 is 2.33 bits per heavy atom. The number of rotatable bonds is 5. The number of hydrogen-bond donors (Lipinski definition) is 1. The Kier molecular flexibility index (Phi) is 5.32. The maximum absolute atomic E-state index is 11.9. The van der Waals surface area contributed by atoms with Gasteiger partial charge in [-0.25, -0.2) is 8.42 Å². The predicted molar refractivity (Wildman–Crippen MR) is 86.4 cm³/mol. The van der Waals surface area contributed by atoms with Crippen molar-refractivity contribution in [2.75, 3.05) is 6.54 Å². The van der Waals surface area contributed by atoms with Crippen LogP contribution in [0, 0.1) is 3.57 Å². The first-order valence-electron chi connectivity index (χ1n) is 5.99. The molecule has 0 saturated carbocycles. The summed E-state index contributed by atoms with van der Waals surface area (Å²) in [6, 6.07) is 14.8. The minimum atomic E-state index is -3.71. The van der Waals surface area contributed by atoms with Crippen molar-refractivity contribution < 1.29 is 17.9 Å².